The van der Waals surface area contributed by atoms with Gasteiger partial charge in [-0.05, 0) is 24.3 Å². The maximum Gasteiger partial charge on any atom is 0.278 e. The van der Waals surface area contributed by atoms with Gasteiger partial charge in [-0.15, -0.1) is 0 Å². The molecule has 0 aliphatic carbocycles. The lowest BCUT2D eigenvalue weighted by Gasteiger charge is -2.21. The van der Waals surface area contributed by atoms with Crippen molar-refractivity contribution in [3.8, 4) is 11.8 Å². The summed E-state index contributed by atoms with van der Waals surface area (Å²) in [5, 5.41) is 0.607. The fourth-order valence-electron chi connectivity index (χ4n) is 3.72. The number of carbonyl (C=O) groups is 2. The third-order valence-electron chi connectivity index (χ3n) is 5.17. The van der Waals surface area contributed by atoms with Gasteiger partial charge in [-0.1, -0.05) is 11.6 Å². The first-order valence-electron chi connectivity index (χ1n) is 9.41. The maximum atomic E-state index is 13.0. The first-order valence-corrected chi connectivity index (χ1v) is 9.79. The number of hydrogen-bond donors (Lipinski definition) is 0. The Balaban J connectivity index is 1.37. The molecule has 1 aromatic carbocycles. The lowest BCUT2D eigenvalue weighted by molar-refractivity contribution is -0.135. The second kappa shape index (κ2) is 8.24. The first-order chi connectivity index (χ1) is 14.0. The van der Waals surface area contributed by atoms with E-state index in [1.807, 2.05) is 0 Å². The van der Waals surface area contributed by atoms with Crippen molar-refractivity contribution >= 4 is 29.1 Å². The van der Waals surface area contributed by atoms with E-state index in [0.717, 1.165) is 5.69 Å². The molecule has 0 bridgehead atoms. The molecule has 29 heavy (non-hydrogen) atoms. The molecular weight excluding hydrogens is 396 g/mol. The molecule has 2 aliphatic rings. The Hall–Kier alpha value is -2.87. The van der Waals surface area contributed by atoms with Gasteiger partial charge >= 0.3 is 0 Å². The predicted molar refractivity (Wildman–Crippen MR) is 106 cm³/mol. The zero-order chi connectivity index (χ0) is 20.4. The number of anilines is 1. The number of rotatable bonds is 5. The molecule has 3 heterocycles. The molecule has 4 rings (SSSR count). The molecule has 0 radical (unpaired) electrons. The highest BCUT2D eigenvalue weighted by Gasteiger charge is 2.39. The number of aromatic nitrogens is 2. The molecular formula is C20H21ClN4O4. The van der Waals surface area contributed by atoms with E-state index in [4.69, 9.17) is 21.1 Å². The van der Waals surface area contributed by atoms with E-state index in [1.165, 1.54) is 19.5 Å². The van der Waals surface area contributed by atoms with Crippen molar-refractivity contribution < 1.29 is 19.1 Å². The smallest absolute Gasteiger partial charge is 0.278 e. The molecule has 0 spiro atoms. The minimum atomic E-state index is -0.358. The quantitative estimate of drug-likeness (QED) is 0.742. The van der Waals surface area contributed by atoms with Gasteiger partial charge in [0, 0.05) is 49.0 Å². The van der Waals surface area contributed by atoms with E-state index in [2.05, 4.69) is 9.97 Å². The van der Waals surface area contributed by atoms with Crippen LogP contribution in [-0.4, -0.2) is 59.5 Å². The number of amides is 2. The molecule has 9 heteroatoms. The Morgan fingerprint density at radius 2 is 1.86 bits per heavy atom. The standard InChI is InChI=1S/C20H21ClN4O4/c1-28-18-19(23-8-7-22-18)29-16-6-9-24(12-16)20(27)13-10-17(26)25(11-13)15-4-2-14(21)3-5-15/h2-5,7-8,13,16H,6,9-12H2,1H3. The van der Waals surface area contributed by atoms with Gasteiger partial charge in [0.25, 0.3) is 11.8 Å². The third kappa shape index (κ3) is 4.12. The van der Waals surface area contributed by atoms with Gasteiger partial charge in [-0.3, -0.25) is 9.59 Å². The number of nitrogens with zero attached hydrogens (tertiary/aromatic N) is 4. The normalized spacial score (nSPS) is 21.5. The van der Waals surface area contributed by atoms with Crippen LogP contribution in [0.25, 0.3) is 0 Å². The zero-order valence-corrected chi connectivity index (χ0v) is 16.7. The second-order valence-corrected chi connectivity index (χ2v) is 7.50. The summed E-state index contributed by atoms with van der Waals surface area (Å²) >= 11 is 5.92. The van der Waals surface area contributed by atoms with E-state index in [0.29, 0.717) is 42.8 Å². The topological polar surface area (TPSA) is 84.9 Å². The van der Waals surface area contributed by atoms with Gasteiger partial charge in [-0.25, -0.2) is 9.97 Å². The van der Waals surface area contributed by atoms with E-state index < -0.39 is 0 Å². The van der Waals surface area contributed by atoms with Crippen LogP contribution in [0.5, 0.6) is 11.8 Å². The fraction of sp³-hybridized carbons (Fsp3) is 0.400. The predicted octanol–water partition coefficient (Wildman–Crippen LogP) is 2.17. The molecule has 8 nitrogen and oxygen atoms in total. The highest BCUT2D eigenvalue weighted by molar-refractivity contribution is 6.30. The highest BCUT2D eigenvalue weighted by atomic mass is 35.5. The molecule has 2 aromatic rings. The summed E-state index contributed by atoms with van der Waals surface area (Å²) in [6.45, 7) is 1.40. The average Bonchev–Trinajstić information content (AvgIpc) is 3.35. The molecule has 0 N–H and O–H groups in total. The summed E-state index contributed by atoms with van der Waals surface area (Å²) < 4.78 is 11.0. The largest absolute Gasteiger partial charge is 0.477 e. The van der Waals surface area contributed by atoms with Crippen LogP contribution in [0.2, 0.25) is 5.02 Å². The summed E-state index contributed by atoms with van der Waals surface area (Å²) in [6.07, 6.45) is 3.77. The van der Waals surface area contributed by atoms with E-state index in [9.17, 15) is 9.59 Å². The number of halogens is 1. The average molecular weight is 417 g/mol. The molecule has 2 amide bonds. The monoisotopic (exact) mass is 416 g/mol. The fourth-order valence-corrected chi connectivity index (χ4v) is 3.84. The van der Waals surface area contributed by atoms with Crippen molar-refractivity contribution in [2.24, 2.45) is 5.92 Å². The van der Waals surface area contributed by atoms with Crippen LogP contribution in [0.15, 0.2) is 36.7 Å². The van der Waals surface area contributed by atoms with Crippen molar-refractivity contribution in [2.75, 3.05) is 31.6 Å². The lowest BCUT2D eigenvalue weighted by atomic mass is 10.1. The molecule has 2 aliphatic heterocycles. The van der Waals surface area contributed by atoms with Gasteiger partial charge < -0.3 is 19.3 Å². The van der Waals surface area contributed by atoms with Crippen LogP contribution in [0.1, 0.15) is 12.8 Å². The number of benzene rings is 1. The van der Waals surface area contributed by atoms with Crippen molar-refractivity contribution in [3.05, 3.63) is 41.7 Å². The number of methoxy groups -OCH3 is 1. The van der Waals surface area contributed by atoms with Gasteiger partial charge in [0.05, 0.1) is 19.6 Å². The van der Waals surface area contributed by atoms with Crippen molar-refractivity contribution in [2.45, 2.75) is 18.9 Å². The molecule has 2 unspecified atom stereocenters. The Morgan fingerprint density at radius 3 is 2.59 bits per heavy atom. The molecule has 0 saturated carbocycles. The summed E-state index contributed by atoms with van der Waals surface area (Å²) in [7, 11) is 1.50. The Labute approximate surface area is 173 Å². The van der Waals surface area contributed by atoms with Crippen molar-refractivity contribution in [1.82, 2.24) is 14.9 Å². The van der Waals surface area contributed by atoms with Gasteiger partial charge in [-0.2, -0.15) is 0 Å². The van der Waals surface area contributed by atoms with Crippen molar-refractivity contribution in [3.63, 3.8) is 0 Å². The summed E-state index contributed by atoms with van der Waals surface area (Å²) in [4.78, 5) is 37.0. The highest BCUT2D eigenvalue weighted by Crippen LogP contribution is 2.29. The first kappa shape index (κ1) is 19.4. The van der Waals surface area contributed by atoms with Crippen LogP contribution >= 0.6 is 11.6 Å². The van der Waals surface area contributed by atoms with Crippen LogP contribution in [0.4, 0.5) is 5.69 Å². The number of likely N-dealkylation sites (tertiary alicyclic amines) is 1. The Bertz CT molecular complexity index is 908. The molecule has 2 saturated heterocycles. The summed E-state index contributed by atoms with van der Waals surface area (Å²) in [5.74, 6) is 0.202. The van der Waals surface area contributed by atoms with Crippen molar-refractivity contribution in [1.29, 1.82) is 0 Å². The summed E-state index contributed by atoms with van der Waals surface area (Å²) in [5.41, 5.74) is 0.757. The minimum absolute atomic E-state index is 0.0213. The molecule has 1 aromatic heterocycles. The molecule has 2 atom stereocenters. The Morgan fingerprint density at radius 1 is 1.14 bits per heavy atom. The van der Waals surface area contributed by atoms with Crippen LogP contribution in [0, 0.1) is 5.92 Å². The lowest BCUT2D eigenvalue weighted by Crippen LogP contribution is -2.37. The van der Waals surface area contributed by atoms with Gasteiger partial charge in [0.1, 0.15) is 6.10 Å². The van der Waals surface area contributed by atoms with Gasteiger partial charge in [0.15, 0.2) is 0 Å². The third-order valence-corrected chi connectivity index (χ3v) is 5.43. The molecule has 2 fully saturated rings. The van der Waals surface area contributed by atoms with Crippen LogP contribution < -0.4 is 14.4 Å². The minimum Gasteiger partial charge on any atom is -0.477 e. The molecule has 152 valence electrons. The van der Waals surface area contributed by atoms with Crippen LogP contribution in [0.3, 0.4) is 0 Å². The van der Waals surface area contributed by atoms with Crippen LogP contribution in [-0.2, 0) is 9.59 Å². The number of carbonyl (C=O) groups excluding carboxylic acids is 2. The summed E-state index contributed by atoms with van der Waals surface area (Å²) in [6, 6.07) is 7.06. The van der Waals surface area contributed by atoms with E-state index in [1.54, 1.807) is 34.1 Å². The number of ether oxygens (including phenoxy) is 2. The SMILES string of the molecule is COc1nccnc1OC1CCN(C(=O)C2CC(=O)N(c3ccc(Cl)cc3)C2)C1. The van der Waals surface area contributed by atoms with E-state index >= 15 is 0 Å². The van der Waals surface area contributed by atoms with Gasteiger partial charge in [0.2, 0.25) is 11.8 Å². The maximum absolute atomic E-state index is 13.0. The second-order valence-electron chi connectivity index (χ2n) is 7.07. The number of hydrogen-bond acceptors (Lipinski definition) is 6. The Kier molecular flexibility index (Phi) is 5.53. The zero-order valence-electron chi connectivity index (χ0n) is 16.0. The van der Waals surface area contributed by atoms with E-state index in [-0.39, 0.29) is 30.3 Å².